The highest BCUT2D eigenvalue weighted by molar-refractivity contribution is 5.80. The van der Waals surface area contributed by atoms with Crippen LogP contribution >= 0.6 is 0 Å². The molecular weight excluding hydrogens is 220 g/mol. The zero-order chi connectivity index (χ0) is 12.4. The molecule has 2 fully saturated rings. The number of carbonyl (C=O) groups excluding carboxylic acids is 1. The number of nitrogens with zero attached hydrogens (tertiary/aromatic N) is 1. The van der Waals surface area contributed by atoms with Gasteiger partial charge in [0.25, 0.3) is 0 Å². The Morgan fingerprint density at radius 2 is 1.88 bits per heavy atom. The number of rotatable bonds is 2. The van der Waals surface area contributed by atoms with Crippen molar-refractivity contribution in [2.45, 2.75) is 19.8 Å². The number of nitrogens with one attached hydrogen (secondary N) is 1. The summed E-state index contributed by atoms with van der Waals surface area (Å²) in [4.78, 5) is 24.9. The molecule has 2 saturated heterocycles. The topological polar surface area (TPSA) is 69.6 Å². The zero-order valence-corrected chi connectivity index (χ0v) is 10.2. The maximum absolute atomic E-state index is 12.2. The molecule has 2 aliphatic heterocycles. The third kappa shape index (κ3) is 2.60. The summed E-state index contributed by atoms with van der Waals surface area (Å²) in [6, 6.07) is 0. The van der Waals surface area contributed by atoms with E-state index in [1.54, 1.807) is 0 Å². The fourth-order valence-corrected chi connectivity index (χ4v) is 2.72. The zero-order valence-electron chi connectivity index (χ0n) is 10.2. The molecule has 2 heterocycles. The van der Waals surface area contributed by atoms with Gasteiger partial charge in [0.15, 0.2) is 0 Å². The Labute approximate surface area is 101 Å². The molecule has 2 aliphatic rings. The van der Waals surface area contributed by atoms with Crippen molar-refractivity contribution in [1.29, 1.82) is 0 Å². The normalized spacial score (nSPS) is 30.5. The molecule has 2 rings (SSSR count). The summed E-state index contributed by atoms with van der Waals surface area (Å²) in [6.45, 7) is 4.95. The molecule has 0 spiro atoms. The van der Waals surface area contributed by atoms with E-state index in [0.29, 0.717) is 31.8 Å². The first-order valence-electron chi connectivity index (χ1n) is 6.32. The van der Waals surface area contributed by atoms with Gasteiger partial charge in [-0.05, 0) is 25.3 Å². The van der Waals surface area contributed by atoms with Gasteiger partial charge in [-0.2, -0.15) is 0 Å². The average molecular weight is 240 g/mol. The summed E-state index contributed by atoms with van der Waals surface area (Å²) in [5.41, 5.74) is 0. The Bertz CT molecular complexity index is 311. The number of carbonyl (C=O) groups is 2. The number of amides is 1. The summed E-state index contributed by atoms with van der Waals surface area (Å²) in [5, 5.41) is 12.1. The SMILES string of the molecule is C[C@@H]1CNC[C@H]1C(=O)N1CCC(C(=O)O)CC1. The van der Waals surface area contributed by atoms with Gasteiger partial charge in [-0.1, -0.05) is 6.92 Å². The number of aliphatic carboxylic acids is 1. The molecule has 17 heavy (non-hydrogen) atoms. The van der Waals surface area contributed by atoms with Crippen LogP contribution in [-0.2, 0) is 9.59 Å². The number of hydrogen-bond acceptors (Lipinski definition) is 3. The van der Waals surface area contributed by atoms with Crippen molar-refractivity contribution in [3.63, 3.8) is 0 Å². The third-order valence-electron chi connectivity index (χ3n) is 3.99. The molecule has 0 aromatic rings. The molecule has 0 saturated carbocycles. The maximum atomic E-state index is 12.2. The van der Waals surface area contributed by atoms with Crippen LogP contribution in [0.3, 0.4) is 0 Å². The van der Waals surface area contributed by atoms with Crippen LogP contribution in [0.5, 0.6) is 0 Å². The number of piperidine rings is 1. The Kier molecular flexibility index (Phi) is 3.66. The van der Waals surface area contributed by atoms with Gasteiger partial charge in [-0.25, -0.2) is 0 Å². The Balaban J connectivity index is 1.88. The van der Waals surface area contributed by atoms with Crippen molar-refractivity contribution in [2.75, 3.05) is 26.2 Å². The standard InChI is InChI=1S/C12H20N2O3/c1-8-6-13-7-10(8)11(15)14-4-2-9(3-5-14)12(16)17/h8-10,13H,2-7H2,1H3,(H,16,17)/t8-,10-/m1/s1. The van der Waals surface area contributed by atoms with E-state index < -0.39 is 5.97 Å². The van der Waals surface area contributed by atoms with E-state index in [-0.39, 0.29) is 17.7 Å². The van der Waals surface area contributed by atoms with Crippen molar-refractivity contribution in [1.82, 2.24) is 10.2 Å². The summed E-state index contributed by atoms with van der Waals surface area (Å²) in [7, 11) is 0. The van der Waals surface area contributed by atoms with Crippen molar-refractivity contribution in [3.8, 4) is 0 Å². The minimum Gasteiger partial charge on any atom is -0.481 e. The van der Waals surface area contributed by atoms with Crippen molar-refractivity contribution >= 4 is 11.9 Å². The molecule has 5 heteroatoms. The van der Waals surface area contributed by atoms with Gasteiger partial charge in [0.05, 0.1) is 11.8 Å². The molecule has 5 nitrogen and oxygen atoms in total. The van der Waals surface area contributed by atoms with Crippen LogP contribution in [0.15, 0.2) is 0 Å². The Hall–Kier alpha value is -1.10. The first-order valence-corrected chi connectivity index (χ1v) is 6.32. The van der Waals surface area contributed by atoms with E-state index in [4.69, 9.17) is 5.11 Å². The second-order valence-electron chi connectivity index (χ2n) is 5.18. The fourth-order valence-electron chi connectivity index (χ4n) is 2.72. The quantitative estimate of drug-likeness (QED) is 0.721. The molecule has 2 atom stereocenters. The van der Waals surface area contributed by atoms with Gasteiger partial charge in [0, 0.05) is 19.6 Å². The largest absolute Gasteiger partial charge is 0.481 e. The number of likely N-dealkylation sites (tertiary alicyclic amines) is 1. The number of carboxylic acids is 1. The molecule has 0 radical (unpaired) electrons. The average Bonchev–Trinajstić information content (AvgIpc) is 2.74. The van der Waals surface area contributed by atoms with E-state index in [1.165, 1.54) is 0 Å². The molecular formula is C12H20N2O3. The number of carboxylic acid groups (broad SMARTS) is 1. The van der Waals surface area contributed by atoms with E-state index >= 15 is 0 Å². The van der Waals surface area contributed by atoms with Crippen LogP contribution in [0.4, 0.5) is 0 Å². The molecule has 0 bridgehead atoms. The van der Waals surface area contributed by atoms with Crippen LogP contribution in [0, 0.1) is 17.8 Å². The van der Waals surface area contributed by atoms with Crippen molar-refractivity contribution in [2.24, 2.45) is 17.8 Å². The third-order valence-corrected chi connectivity index (χ3v) is 3.99. The lowest BCUT2D eigenvalue weighted by atomic mass is 9.93. The van der Waals surface area contributed by atoms with Gasteiger partial charge in [0.2, 0.25) is 5.91 Å². The molecule has 1 amide bonds. The smallest absolute Gasteiger partial charge is 0.306 e. The lowest BCUT2D eigenvalue weighted by Gasteiger charge is -2.32. The van der Waals surface area contributed by atoms with E-state index in [0.717, 1.165) is 13.1 Å². The molecule has 2 N–H and O–H groups in total. The van der Waals surface area contributed by atoms with Crippen LogP contribution < -0.4 is 5.32 Å². The second-order valence-corrected chi connectivity index (χ2v) is 5.18. The van der Waals surface area contributed by atoms with Crippen molar-refractivity contribution < 1.29 is 14.7 Å². The summed E-state index contributed by atoms with van der Waals surface area (Å²) in [6.07, 6.45) is 1.19. The van der Waals surface area contributed by atoms with Crippen LogP contribution in [0.1, 0.15) is 19.8 Å². The first kappa shape index (κ1) is 12.4. The Morgan fingerprint density at radius 3 is 2.35 bits per heavy atom. The maximum Gasteiger partial charge on any atom is 0.306 e. The van der Waals surface area contributed by atoms with Crippen LogP contribution in [0.25, 0.3) is 0 Å². The van der Waals surface area contributed by atoms with Crippen molar-refractivity contribution in [3.05, 3.63) is 0 Å². The minimum absolute atomic E-state index is 0.0800. The second kappa shape index (κ2) is 5.04. The predicted molar refractivity (Wildman–Crippen MR) is 62.5 cm³/mol. The van der Waals surface area contributed by atoms with Crippen LogP contribution in [-0.4, -0.2) is 48.1 Å². The van der Waals surface area contributed by atoms with Gasteiger partial charge in [-0.15, -0.1) is 0 Å². The summed E-state index contributed by atoms with van der Waals surface area (Å²) in [5.74, 6) is -0.325. The Morgan fingerprint density at radius 1 is 1.24 bits per heavy atom. The molecule has 96 valence electrons. The van der Waals surface area contributed by atoms with Gasteiger partial charge in [-0.3, -0.25) is 9.59 Å². The highest BCUT2D eigenvalue weighted by Crippen LogP contribution is 2.23. The lowest BCUT2D eigenvalue weighted by Crippen LogP contribution is -2.44. The summed E-state index contributed by atoms with van der Waals surface area (Å²) < 4.78 is 0. The number of hydrogen-bond donors (Lipinski definition) is 2. The predicted octanol–water partition coefficient (Wildman–Crippen LogP) is 0.165. The van der Waals surface area contributed by atoms with E-state index in [2.05, 4.69) is 12.2 Å². The minimum atomic E-state index is -0.729. The van der Waals surface area contributed by atoms with E-state index in [1.807, 2.05) is 4.90 Å². The van der Waals surface area contributed by atoms with Gasteiger partial charge >= 0.3 is 5.97 Å². The lowest BCUT2D eigenvalue weighted by molar-refractivity contribution is -0.146. The van der Waals surface area contributed by atoms with E-state index in [9.17, 15) is 9.59 Å². The van der Waals surface area contributed by atoms with Crippen LogP contribution in [0.2, 0.25) is 0 Å². The molecule has 0 aromatic heterocycles. The van der Waals surface area contributed by atoms with Gasteiger partial charge < -0.3 is 15.3 Å². The molecule has 0 aromatic carbocycles. The monoisotopic (exact) mass is 240 g/mol. The first-order chi connectivity index (χ1) is 8.09. The highest BCUT2D eigenvalue weighted by Gasteiger charge is 2.35. The highest BCUT2D eigenvalue weighted by atomic mass is 16.4. The van der Waals surface area contributed by atoms with Gasteiger partial charge in [0.1, 0.15) is 0 Å². The molecule has 0 aliphatic carbocycles. The summed E-state index contributed by atoms with van der Waals surface area (Å²) >= 11 is 0. The fraction of sp³-hybridized carbons (Fsp3) is 0.833. The molecule has 0 unspecified atom stereocenters.